The Labute approximate surface area is 137 Å². The predicted molar refractivity (Wildman–Crippen MR) is 88.5 cm³/mol. The van der Waals surface area contributed by atoms with Crippen molar-refractivity contribution in [2.75, 3.05) is 18.1 Å². The molecule has 1 N–H and O–H groups in total. The van der Waals surface area contributed by atoms with E-state index in [1.54, 1.807) is 19.1 Å². The largest absolute Gasteiger partial charge is 0.354 e. The second-order valence-corrected chi connectivity index (χ2v) is 8.55. The third kappa shape index (κ3) is 4.77. The van der Waals surface area contributed by atoms with Crippen molar-refractivity contribution in [3.63, 3.8) is 0 Å². The predicted octanol–water partition coefficient (Wildman–Crippen LogP) is 2.58. The molecule has 0 atom stereocenters. The molecule has 6 heteroatoms. The summed E-state index contributed by atoms with van der Waals surface area (Å²) in [5.41, 5.74) is 0.797. The van der Waals surface area contributed by atoms with Crippen LogP contribution in [0.1, 0.15) is 44.6 Å². The summed E-state index contributed by atoms with van der Waals surface area (Å²) >= 11 is 0. The molecular formula is C17H24FNO3S. The molecule has 128 valence electrons. The fourth-order valence-electron chi connectivity index (χ4n) is 3.32. The summed E-state index contributed by atoms with van der Waals surface area (Å²) in [7, 11) is -3.33. The number of rotatable bonds is 7. The van der Waals surface area contributed by atoms with E-state index in [1.165, 1.54) is 12.1 Å². The zero-order valence-corrected chi connectivity index (χ0v) is 14.3. The highest BCUT2D eigenvalue weighted by molar-refractivity contribution is 7.92. The van der Waals surface area contributed by atoms with E-state index < -0.39 is 21.5 Å². The smallest absolute Gasteiger partial charge is 0.235 e. The molecule has 1 aromatic carbocycles. The molecule has 0 radical (unpaired) electrons. The summed E-state index contributed by atoms with van der Waals surface area (Å²) in [5.74, 6) is -1.16. The molecule has 0 aromatic heterocycles. The molecule has 2 rings (SSSR count). The van der Waals surface area contributed by atoms with Crippen LogP contribution in [-0.2, 0) is 20.0 Å². The van der Waals surface area contributed by atoms with Crippen molar-refractivity contribution in [3.8, 4) is 0 Å². The van der Waals surface area contributed by atoms with Crippen LogP contribution >= 0.6 is 0 Å². The van der Waals surface area contributed by atoms with Crippen molar-refractivity contribution < 1.29 is 17.6 Å². The highest BCUT2D eigenvalue weighted by Crippen LogP contribution is 2.40. The van der Waals surface area contributed by atoms with E-state index in [9.17, 15) is 17.6 Å². The van der Waals surface area contributed by atoms with Crippen molar-refractivity contribution in [2.24, 2.45) is 0 Å². The lowest BCUT2D eigenvalue weighted by molar-refractivity contribution is -0.118. The molecule has 1 amide bonds. The fourth-order valence-corrected chi connectivity index (χ4v) is 4.59. The van der Waals surface area contributed by atoms with Crippen LogP contribution in [0.5, 0.6) is 0 Å². The van der Waals surface area contributed by atoms with Gasteiger partial charge in [0.2, 0.25) is 5.91 Å². The number of sulfone groups is 1. The number of hydrogen-bond acceptors (Lipinski definition) is 3. The lowest BCUT2D eigenvalue weighted by Crippen LogP contribution is -2.41. The first kappa shape index (κ1) is 17.9. The average Bonchev–Trinajstić information content (AvgIpc) is 2.95. The molecule has 1 fully saturated rings. The minimum atomic E-state index is -3.33. The molecule has 0 unspecified atom stereocenters. The van der Waals surface area contributed by atoms with Gasteiger partial charge in [0.15, 0.2) is 9.84 Å². The maximum Gasteiger partial charge on any atom is 0.235 e. The monoisotopic (exact) mass is 341 g/mol. The van der Waals surface area contributed by atoms with Crippen LogP contribution in [0.3, 0.4) is 0 Å². The van der Waals surface area contributed by atoms with Crippen LogP contribution in [0.15, 0.2) is 24.3 Å². The molecule has 4 nitrogen and oxygen atoms in total. The van der Waals surface area contributed by atoms with Crippen molar-refractivity contribution in [3.05, 3.63) is 35.6 Å². The quantitative estimate of drug-likeness (QED) is 0.829. The second kappa shape index (κ2) is 7.43. The van der Waals surface area contributed by atoms with Crippen molar-refractivity contribution in [1.29, 1.82) is 0 Å². The lowest BCUT2D eigenvalue weighted by atomic mass is 9.79. The van der Waals surface area contributed by atoms with Gasteiger partial charge in [0, 0.05) is 12.0 Å². The Hall–Kier alpha value is -1.43. The Morgan fingerprint density at radius 1 is 1.22 bits per heavy atom. The van der Waals surface area contributed by atoms with E-state index in [2.05, 4.69) is 5.32 Å². The summed E-state index contributed by atoms with van der Waals surface area (Å²) in [6, 6.07) is 6.40. The summed E-state index contributed by atoms with van der Waals surface area (Å²) in [6.07, 6.45) is 4.46. The van der Waals surface area contributed by atoms with Gasteiger partial charge < -0.3 is 5.32 Å². The van der Waals surface area contributed by atoms with Crippen LogP contribution in [0.25, 0.3) is 0 Å². The highest BCUT2D eigenvalue weighted by Gasteiger charge is 2.36. The normalized spacial score (nSPS) is 17.1. The third-order valence-electron chi connectivity index (χ3n) is 4.51. The second-order valence-electron chi connectivity index (χ2n) is 6.36. The van der Waals surface area contributed by atoms with E-state index in [0.29, 0.717) is 13.0 Å². The van der Waals surface area contributed by atoms with Gasteiger partial charge in [-0.2, -0.15) is 0 Å². The molecule has 23 heavy (non-hydrogen) atoms. The van der Waals surface area contributed by atoms with Gasteiger partial charge in [-0.25, -0.2) is 12.8 Å². The maximum absolute atomic E-state index is 13.1. The van der Waals surface area contributed by atoms with Crippen LogP contribution in [0.2, 0.25) is 0 Å². The minimum absolute atomic E-state index is 0.0313. The zero-order chi connectivity index (χ0) is 16.9. The molecule has 0 aliphatic heterocycles. The number of nitrogens with one attached hydrogen (secondary N) is 1. The van der Waals surface area contributed by atoms with Crippen LogP contribution < -0.4 is 5.32 Å². The summed E-state index contributed by atoms with van der Waals surface area (Å²) in [6.45, 7) is 2.18. The SMILES string of the molecule is CCCS(=O)(=O)CC(=O)NCC1(c2ccc(F)cc2)CCCC1. The Bertz CT molecular complexity index is 634. The topological polar surface area (TPSA) is 63.2 Å². The van der Waals surface area contributed by atoms with Crippen LogP contribution in [-0.4, -0.2) is 32.4 Å². The Kier molecular flexibility index (Phi) is 5.79. The molecule has 0 bridgehead atoms. The van der Waals surface area contributed by atoms with E-state index in [0.717, 1.165) is 31.2 Å². The molecule has 0 heterocycles. The standard InChI is InChI=1S/C17H24FNO3S/c1-2-11-23(21,22)12-16(20)19-13-17(9-3-4-10-17)14-5-7-15(18)8-6-14/h5-8H,2-4,9-13H2,1H3,(H,19,20). The Balaban J connectivity index is 2.03. The fraction of sp³-hybridized carbons (Fsp3) is 0.588. The third-order valence-corrected chi connectivity index (χ3v) is 6.24. The summed E-state index contributed by atoms with van der Waals surface area (Å²) in [5, 5.41) is 2.78. The van der Waals surface area contributed by atoms with E-state index in [1.807, 2.05) is 0 Å². The van der Waals surface area contributed by atoms with Crippen LogP contribution in [0.4, 0.5) is 4.39 Å². The van der Waals surface area contributed by atoms with Crippen molar-refractivity contribution in [1.82, 2.24) is 5.32 Å². The van der Waals surface area contributed by atoms with Crippen molar-refractivity contribution >= 4 is 15.7 Å². The summed E-state index contributed by atoms with van der Waals surface area (Å²) in [4.78, 5) is 12.0. The van der Waals surface area contributed by atoms with Gasteiger partial charge in [-0.1, -0.05) is 31.9 Å². The van der Waals surface area contributed by atoms with Gasteiger partial charge in [0.05, 0.1) is 5.75 Å². The number of carbonyl (C=O) groups is 1. The van der Waals surface area contributed by atoms with Gasteiger partial charge in [-0.3, -0.25) is 4.79 Å². The van der Waals surface area contributed by atoms with Gasteiger partial charge in [0.25, 0.3) is 0 Å². The first-order chi connectivity index (χ1) is 10.9. The molecule has 1 aliphatic rings. The minimum Gasteiger partial charge on any atom is -0.354 e. The molecule has 1 saturated carbocycles. The van der Waals surface area contributed by atoms with Crippen LogP contribution in [0, 0.1) is 5.82 Å². The highest BCUT2D eigenvalue weighted by atomic mass is 32.2. The lowest BCUT2D eigenvalue weighted by Gasteiger charge is -2.30. The Morgan fingerprint density at radius 3 is 2.39 bits per heavy atom. The van der Waals surface area contributed by atoms with Crippen molar-refractivity contribution in [2.45, 2.75) is 44.4 Å². The zero-order valence-electron chi connectivity index (χ0n) is 13.5. The molecular weight excluding hydrogens is 317 g/mol. The first-order valence-electron chi connectivity index (χ1n) is 8.10. The van der Waals surface area contributed by atoms with Gasteiger partial charge in [0.1, 0.15) is 11.6 Å². The summed E-state index contributed by atoms with van der Waals surface area (Å²) < 4.78 is 36.6. The Morgan fingerprint density at radius 2 is 1.83 bits per heavy atom. The maximum atomic E-state index is 13.1. The number of hydrogen-bond donors (Lipinski definition) is 1. The number of carbonyl (C=O) groups excluding carboxylic acids is 1. The van der Waals surface area contributed by atoms with E-state index in [4.69, 9.17) is 0 Å². The van der Waals surface area contributed by atoms with Gasteiger partial charge in [-0.05, 0) is 37.0 Å². The molecule has 1 aromatic rings. The number of halogens is 1. The molecule has 1 aliphatic carbocycles. The van der Waals surface area contributed by atoms with E-state index in [-0.39, 0.29) is 17.0 Å². The first-order valence-corrected chi connectivity index (χ1v) is 9.92. The number of amides is 1. The number of benzene rings is 1. The van der Waals surface area contributed by atoms with E-state index >= 15 is 0 Å². The molecule has 0 saturated heterocycles. The average molecular weight is 341 g/mol. The molecule has 0 spiro atoms. The van der Waals surface area contributed by atoms with Gasteiger partial charge >= 0.3 is 0 Å². The van der Waals surface area contributed by atoms with Gasteiger partial charge in [-0.15, -0.1) is 0 Å².